The Balaban J connectivity index is 1.70. The molecule has 0 saturated carbocycles. The molecular formula is C24H26BrN5O4. The first-order chi connectivity index (χ1) is 16.5. The number of nitrogens with one attached hydrogen (secondary N) is 1. The molecule has 0 aliphatic carbocycles. The van der Waals surface area contributed by atoms with Gasteiger partial charge in [-0.1, -0.05) is 48.8 Å². The van der Waals surface area contributed by atoms with Crippen LogP contribution in [0.2, 0.25) is 0 Å². The van der Waals surface area contributed by atoms with Crippen molar-refractivity contribution in [3.63, 3.8) is 0 Å². The lowest BCUT2D eigenvalue weighted by Gasteiger charge is -2.28. The average molecular weight is 528 g/mol. The Morgan fingerprint density at radius 1 is 1.24 bits per heavy atom. The number of ether oxygens (including phenoxy) is 3. The SMILES string of the molecule is CCCCOC(=O)C1=C(C)Nc2nnnn2C1c1cc(Br)c(OCc2ccccc2)c(OC)c1. The maximum atomic E-state index is 13.1. The number of fused-ring (bicyclic) bond motifs is 1. The predicted octanol–water partition coefficient (Wildman–Crippen LogP) is 4.66. The van der Waals surface area contributed by atoms with Crippen LogP contribution in [0.3, 0.4) is 0 Å². The van der Waals surface area contributed by atoms with E-state index in [9.17, 15) is 4.79 Å². The van der Waals surface area contributed by atoms with Crippen LogP contribution in [-0.4, -0.2) is 39.9 Å². The molecule has 0 fully saturated rings. The first-order valence-electron chi connectivity index (χ1n) is 11.0. The van der Waals surface area contributed by atoms with Crippen molar-refractivity contribution in [3.8, 4) is 11.5 Å². The second-order valence-corrected chi connectivity index (χ2v) is 8.67. The van der Waals surface area contributed by atoms with Gasteiger partial charge in [0.25, 0.3) is 0 Å². The summed E-state index contributed by atoms with van der Waals surface area (Å²) in [5.74, 6) is 1.11. The molecule has 2 heterocycles. The molecule has 0 amide bonds. The van der Waals surface area contributed by atoms with E-state index in [4.69, 9.17) is 14.2 Å². The highest BCUT2D eigenvalue weighted by Crippen LogP contribution is 2.42. The van der Waals surface area contributed by atoms with Crippen molar-refractivity contribution in [2.24, 2.45) is 0 Å². The van der Waals surface area contributed by atoms with E-state index in [1.54, 1.807) is 11.8 Å². The molecule has 34 heavy (non-hydrogen) atoms. The molecule has 3 aromatic rings. The number of hydrogen-bond donors (Lipinski definition) is 1. The van der Waals surface area contributed by atoms with E-state index in [0.717, 1.165) is 24.0 Å². The van der Waals surface area contributed by atoms with E-state index < -0.39 is 12.0 Å². The Hall–Kier alpha value is -3.40. The van der Waals surface area contributed by atoms with Gasteiger partial charge in [0.1, 0.15) is 12.6 Å². The van der Waals surface area contributed by atoms with Crippen molar-refractivity contribution in [1.82, 2.24) is 20.2 Å². The number of tetrazole rings is 1. The first kappa shape index (κ1) is 23.7. The van der Waals surface area contributed by atoms with Gasteiger partial charge >= 0.3 is 5.97 Å². The number of halogens is 1. The van der Waals surface area contributed by atoms with E-state index in [2.05, 4.69) is 36.8 Å². The van der Waals surface area contributed by atoms with Crippen LogP contribution < -0.4 is 14.8 Å². The summed E-state index contributed by atoms with van der Waals surface area (Å²) in [5, 5.41) is 15.0. The average Bonchev–Trinajstić information content (AvgIpc) is 3.30. The number of esters is 1. The highest BCUT2D eigenvalue weighted by molar-refractivity contribution is 9.10. The maximum absolute atomic E-state index is 13.1. The minimum atomic E-state index is -0.603. The van der Waals surface area contributed by atoms with Crippen LogP contribution in [0.1, 0.15) is 43.9 Å². The number of hydrogen-bond acceptors (Lipinski definition) is 8. The lowest BCUT2D eigenvalue weighted by Crippen LogP contribution is -2.30. The van der Waals surface area contributed by atoms with Crippen LogP contribution in [0.5, 0.6) is 11.5 Å². The van der Waals surface area contributed by atoms with Gasteiger partial charge in [-0.05, 0) is 63.0 Å². The van der Waals surface area contributed by atoms with Gasteiger partial charge in [-0.15, -0.1) is 0 Å². The summed E-state index contributed by atoms with van der Waals surface area (Å²) < 4.78 is 19.5. The first-order valence-corrected chi connectivity index (χ1v) is 11.8. The zero-order valence-electron chi connectivity index (χ0n) is 19.2. The minimum Gasteiger partial charge on any atom is -0.493 e. The summed E-state index contributed by atoms with van der Waals surface area (Å²) in [5.41, 5.74) is 2.84. The van der Waals surface area contributed by atoms with Crippen molar-refractivity contribution in [1.29, 1.82) is 0 Å². The fourth-order valence-corrected chi connectivity index (χ4v) is 4.31. The van der Waals surface area contributed by atoms with Crippen LogP contribution in [0.4, 0.5) is 5.95 Å². The summed E-state index contributed by atoms with van der Waals surface area (Å²) in [7, 11) is 1.58. The van der Waals surface area contributed by atoms with Crippen LogP contribution in [-0.2, 0) is 16.1 Å². The molecule has 0 bridgehead atoms. The van der Waals surface area contributed by atoms with Gasteiger partial charge < -0.3 is 19.5 Å². The molecule has 0 radical (unpaired) electrons. The van der Waals surface area contributed by atoms with Gasteiger partial charge in [-0.25, -0.2) is 4.79 Å². The minimum absolute atomic E-state index is 0.348. The van der Waals surface area contributed by atoms with E-state index in [-0.39, 0.29) is 0 Å². The van der Waals surface area contributed by atoms with Crippen molar-refractivity contribution < 1.29 is 19.0 Å². The Morgan fingerprint density at radius 2 is 2.03 bits per heavy atom. The number of anilines is 1. The number of benzene rings is 2. The highest BCUT2D eigenvalue weighted by Gasteiger charge is 2.36. The third-order valence-electron chi connectivity index (χ3n) is 5.46. The molecule has 178 valence electrons. The van der Waals surface area contributed by atoms with Gasteiger partial charge in [0.15, 0.2) is 11.5 Å². The molecule has 4 rings (SSSR count). The number of carbonyl (C=O) groups excluding carboxylic acids is 1. The molecule has 1 unspecified atom stereocenters. The van der Waals surface area contributed by atoms with E-state index >= 15 is 0 Å². The second-order valence-electron chi connectivity index (χ2n) is 7.81. The van der Waals surface area contributed by atoms with Crippen molar-refractivity contribution in [3.05, 3.63) is 69.3 Å². The number of carbonyl (C=O) groups is 1. The van der Waals surface area contributed by atoms with Crippen LogP contribution >= 0.6 is 15.9 Å². The highest BCUT2D eigenvalue weighted by atomic mass is 79.9. The number of aromatic nitrogens is 4. The van der Waals surface area contributed by atoms with Gasteiger partial charge in [0, 0.05) is 5.70 Å². The fraction of sp³-hybridized carbons (Fsp3) is 0.333. The number of methoxy groups -OCH3 is 1. The quantitative estimate of drug-likeness (QED) is 0.316. The standard InChI is InChI=1S/C24H26BrN5O4/c1-4-5-11-33-23(31)20-15(2)26-24-27-28-29-30(24)21(20)17-12-18(25)22(19(13-17)32-3)34-14-16-9-7-6-8-10-16/h6-10,12-13,21H,4-5,11,14H2,1-3H3,(H,26,27,29). The van der Waals surface area contributed by atoms with Crippen LogP contribution in [0.15, 0.2) is 58.2 Å². The van der Waals surface area contributed by atoms with Gasteiger partial charge in [-0.2, -0.15) is 4.68 Å². The van der Waals surface area contributed by atoms with Crippen molar-refractivity contribution in [2.45, 2.75) is 39.3 Å². The van der Waals surface area contributed by atoms with Crippen LogP contribution in [0.25, 0.3) is 0 Å². The van der Waals surface area contributed by atoms with Crippen LogP contribution in [0, 0.1) is 0 Å². The van der Waals surface area contributed by atoms with E-state index in [1.165, 1.54) is 0 Å². The molecular weight excluding hydrogens is 502 g/mol. The Kier molecular flexibility index (Phi) is 7.46. The summed E-state index contributed by atoms with van der Waals surface area (Å²) in [6.45, 7) is 4.58. The molecule has 2 aromatic carbocycles. The molecule has 1 N–H and O–H groups in total. The normalized spacial score (nSPS) is 14.9. The number of unbranched alkanes of at least 4 members (excludes halogenated alkanes) is 1. The monoisotopic (exact) mass is 527 g/mol. The van der Waals surface area contributed by atoms with Gasteiger partial charge in [0.2, 0.25) is 5.95 Å². The fourth-order valence-electron chi connectivity index (χ4n) is 3.74. The number of nitrogens with zero attached hydrogens (tertiary/aromatic N) is 4. The molecule has 10 heteroatoms. The predicted molar refractivity (Wildman–Crippen MR) is 130 cm³/mol. The summed E-state index contributed by atoms with van der Waals surface area (Å²) in [6, 6.07) is 13.0. The third kappa shape index (κ3) is 4.91. The van der Waals surface area contributed by atoms with E-state index in [1.807, 2.05) is 56.3 Å². The summed E-state index contributed by atoms with van der Waals surface area (Å²) >= 11 is 3.62. The number of rotatable bonds is 9. The smallest absolute Gasteiger partial charge is 0.338 e. The van der Waals surface area contributed by atoms with Crippen molar-refractivity contribution >= 4 is 27.8 Å². The lowest BCUT2D eigenvalue weighted by atomic mass is 9.95. The molecule has 1 atom stereocenters. The molecule has 1 aliphatic rings. The topological polar surface area (TPSA) is 100 Å². The van der Waals surface area contributed by atoms with E-state index in [0.29, 0.717) is 46.4 Å². The Morgan fingerprint density at radius 3 is 2.76 bits per heavy atom. The summed E-state index contributed by atoms with van der Waals surface area (Å²) in [6.07, 6.45) is 1.72. The number of allylic oxidation sites excluding steroid dienone is 1. The zero-order chi connectivity index (χ0) is 24.1. The Labute approximate surface area is 206 Å². The Bertz CT molecular complexity index is 1200. The summed E-state index contributed by atoms with van der Waals surface area (Å²) in [4.78, 5) is 13.1. The largest absolute Gasteiger partial charge is 0.493 e. The molecule has 1 aromatic heterocycles. The van der Waals surface area contributed by atoms with Crippen molar-refractivity contribution in [2.75, 3.05) is 19.0 Å². The molecule has 0 saturated heterocycles. The van der Waals surface area contributed by atoms with Gasteiger partial charge in [-0.3, -0.25) is 0 Å². The van der Waals surface area contributed by atoms with Gasteiger partial charge in [0.05, 0.1) is 23.8 Å². The second kappa shape index (κ2) is 10.7. The zero-order valence-corrected chi connectivity index (χ0v) is 20.8. The molecule has 1 aliphatic heterocycles. The maximum Gasteiger partial charge on any atom is 0.338 e. The lowest BCUT2D eigenvalue weighted by molar-refractivity contribution is -0.139. The third-order valence-corrected chi connectivity index (χ3v) is 6.05. The molecule has 9 nitrogen and oxygen atoms in total. The molecule has 0 spiro atoms.